The van der Waals surface area contributed by atoms with Crippen LogP contribution in [-0.4, -0.2) is 50.9 Å². The third-order valence-electron chi connectivity index (χ3n) is 5.68. The van der Waals surface area contributed by atoms with E-state index in [1.807, 2.05) is 23.2 Å². The molecule has 0 radical (unpaired) electrons. The van der Waals surface area contributed by atoms with Crippen LogP contribution in [-0.2, 0) is 4.79 Å². The molecule has 1 N–H and O–H groups in total. The zero-order chi connectivity index (χ0) is 17.3. The van der Waals surface area contributed by atoms with E-state index in [9.17, 15) is 4.79 Å². The van der Waals surface area contributed by atoms with E-state index in [4.69, 9.17) is 5.26 Å². The van der Waals surface area contributed by atoms with E-state index in [1.165, 1.54) is 0 Å². The van der Waals surface area contributed by atoms with Gasteiger partial charge in [0.05, 0.1) is 11.5 Å². The zero-order valence-corrected chi connectivity index (χ0v) is 14.2. The Morgan fingerprint density at radius 1 is 1.24 bits per heavy atom. The average Bonchev–Trinajstić information content (AvgIpc) is 3.19. The number of nitrogens with one attached hydrogen (secondary N) is 1. The first-order chi connectivity index (χ1) is 12.2. The van der Waals surface area contributed by atoms with Crippen molar-refractivity contribution >= 4 is 22.8 Å². The van der Waals surface area contributed by atoms with Gasteiger partial charge in [0.15, 0.2) is 0 Å². The molecule has 4 heterocycles. The van der Waals surface area contributed by atoms with E-state index in [2.05, 4.69) is 19.9 Å². The summed E-state index contributed by atoms with van der Waals surface area (Å²) < 4.78 is 0. The summed E-state index contributed by atoms with van der Waals surface area (Å²) in [5, 5.41) is 9.93. The van der Waals surface area contributed by atoms with Gasteiger partial charge in [-0.2, -0.15) is 5.26 Å². The van der Waals surface area contributed by atoms with Crippen LogP contribution in [0.25, 0.3) is 11.0 Å². The lowest BCUT2D eigenvalue weighted by atomic mass is 9.87. The fraction of sp³-hybridized carbons (Fsp3) is 0.556. The molecule has 1 amide bonds. The second-order valence-corrected chi connectivity index (χ2v) is 6.99. The van der Waals surface area contributed by atoms with Gasteiger partial charge in [-0.3, -0.25) is 4.79 Å². The highest BCUT2D eigenvalue weighted by Crippen LogP contribution is 2.39. The third kappa shape index (κ3) is 2.72. The number of rotatable bonds is 2. The van der Waals surface area contributed by atoms with Gasteiger partial charge in [-0.15, -0.1) is 0 Å². The zero-order valence-electron chi connectivity index (χ0n) is 14.2. The number of aromatic nitrogens is 3. The summed E-state index contributed by atoms with van der Waals surface area (Å²) in [7, 11) is 0. The maximum atomic E-state index is 12.4. The highest BCUT2D eigenvalue weighted by Gasteiger charge is 2.44. The summed E-state index contributed by atoms with van der Waals surface area (Å²) >= 11 is 0. The molecule has 1 spiro atoms. The van der Waals surface area contributed by atoms with Crippen LogP contribution in [0.5, 0.6) is 0 Å². The summed E-state index contributed by atoms with van der Waals surface area (Å²) in [5.74, 6) is 0.958. The largest absolute Gasteiger partial charge is 0.356 e. The SMILES string of the molecule is N#CCC(=O)N1CCC[C@@]12CCCN(c1ncnc3[nH]ccc13)CC2. The Bertz CT molecular complexity index is 824. The molecule has 130 valence electrons. The van der Waals surface area contributed by atoms with E-state index in [0.717, 1.165) is 68.6 Å². The predicted molar refractivity (Wildman–Crippen MR) is 93.9 cm³/mol. The normalized spacial score (nSPS) is 23.8. The number of amides is 1. The van der Waals surface area contributed by atoms with Crippen molar-refractivity contribution in [1.29, 1.82) is 5.26 Å². The van der Waals surface area contributed by atoms with Crippen molar-refractivity contribution in [3.05, 3.63) is 18.6 Å². The number of fused-ring (bicyclic) bond motifs is 1. The summed E-state index contributed by atoms with van der Waals surface area (Å²) in [5.41, 5.74) is 0.781. The fourth-order valence-electron chi connectivity index (χ4n) is 4.51. The third-order valence-corrected chi connectivity index (χ3v) is 5.68. The molecule has 2 aromatic rings. The molecule has 0 aromatic carbocycles. The second-order valence-electron chi connectivity index (χ2n) is 6.99. The van der Waals surface area contributed by atoms with Gasteiger partial charge in [-0.25, -0.2) is 9.97 Å². The number of hydrogen-bond donors (Lipinski definition) is 1. The number of H-pyrrole nitrogens is 1. The van der Waals surface area contributed by atoms with Crippen LogP contribution >= 0.6 is 0 Å². The predicted octanol–water partition coefficient (Wildman–Crippen LogP) is 2.22. The van der Waals surface area contributed by atoms with Gasteiger partial charge in [0.2, 0.25) is 5.91 Å². The van der Waals surface area contributed by atoms with Crippen LogP contribution in [0.4, 0.5) is 5.82 Å². The summed E-state index contributed by atoms with van der Waals surface area (Å²) in [6, 6.07) is 4.03. The number of aromatic amines is 1. The van der Waals surface area contributed by atoms with E-state index in [-0.39, 0.29) is 17.9 Å². The minimum Gasteiger partial charge on any atom is -0.356 e. The Hall–Kier alpha value is -2.62. The second kappa shape index (κ2) is 6.36. The van der Waals surface area contributed by atoms with Gasteiger partial charge in [0.1, 0.15) is 24.2 Å². The average molecular weight is 338 g/mol. The van der Waals surface area contributed by atoms with Gasteiger partial charge in [-0.1, -0.05) is 0 Å². The smallest absolute Gasteiger partial charge is 0.237 e. The Morgan fingerprint density at radius 2 is 2.08 bits per heavy atom. The standard InChI is InChI=1S/C18H22N6O/c19-8-3-15(25)24-11-2-6-18(24)5-1-10-23(12-7-18)17-14-4-9-20-16(14)21-13-22-17/h4,9,13H,1-3,5-7,10-12H2,(H,20,21,22)/t18-/m1/s1. The number of carbonyl (C=O) groups excluding carboxylic acids is 1. The van der Waals surface area contributed by atoms with E-state index in [1.54, 1.807) is 6.33 Å². The molecule has 2 aliphatic rings. The number of carbonyl (C=O) groups is 1. The van der Waals surface area contributed by atoms with Crippen molar-refractivity contribution in [1.82, 2.24) is 19.9 Å². The first-order valence-electron chi connectivity index (χ1n) is 8.94. The maximum absolute atomic E-state index is 12.4. The molecule has 2 saturated heterocycles. The van der Waals surface area contributed by atoms with E-state index >= 15 is 0 Å². The molecule has 0 aliphatic carbocycles. The molecule has 0 unspecified atom stereocenters. The van der Waals surface area contributed by atoms with Crippen LogP contribution < -0.4 is 4.90 Å². The molecule has 0 saturated carbocycles. The number of nitriles is 1. The molecular formula is C18H22N6O. The lowest BCUT2D eigenvalue weighted by Gasteiger charge is -2.38. The minimum atomic E-state index is -0.0764. The van der Waals surface area contributed by atoms with Crippen LogP contribution in [0.1, 0.15) is 38.5 Å². The number of likely N-dealkylation sites (tertiary alicyclic amines) is 1. The summed E-state index contributed by atoms with van der Waals surface area (Å²) in [4.78, 5) is 28.6. The number of anilines is 1. The molecule has 1 atom stereocenters. The van der Waals surface area contributed by atoms with Crippen LogP contribution in [0, 0.1) is 11.3 Å². The van der Waals surface area contributed by atoms with Crippen molar-refractivity contribution in [2.24, 2.45) is 0 Å². The summed E-state index contributed by atoms with van der Waals surface area (Å²) in [6.45, 7) is 2.59. The lowest BCUT2D eigenvalue weighted by molar-refractivity contribution is -0.134. The quantitative estimate of drug-likeness (QED) is 0.907. The molecule has 2 aliphatic heterocycles. The first-order valence-corrected chi connectivity index (χ1v) is 8.94. The van der Waals surface area contributed by atoms with Crippen molar-refractivity contribution in [3.63, 3.8) is 0 Å². The molecule has 4 rings (SSSR count). The van der Waals surface area contributed by atoms with Gasteiger partial charge < -0.3 is 14.8 Å². The highest BCUT2D eigenvalue weighted by molar-refractivity contribution is 5.87. The Morgan fingerprint density at radius 3 is 2.92 bits per heavy atom. The van der Waals surface area contributed by atoms with Crippen molar-refractivity contribution < 1.29 is 4.79 Å². The van der Waals surface area contributed by atoms with Gasteiger partial charge in [0, 0.05) is 31.4 Å². The molecule has 2 fully saturated rings. The minimum absolute atomic E-state index is 0.0106. The van der Waals surface area contributed by atoms with E-state index in [0.29, 0.717) is 0 Å². The fourth-order valence-corrected chi connectivity index (χ4v) is 4.51. The molecule has 0 bridgehead atoms. The van der Waals surface area contributed by atoms with Crippen molar-refractivity contribution in [3.8, 4) is 6.07 Å². The molecule has 2 aromatic heterocycles. The molecule has 25 heavy (non-hydrogen) atoms. The molecule has 7 nitrogen and oxygen atoms in total. The van der Waals surface area contributed by atoms with Gasteiger partial charge in [-0.05, 0) is 38.2 Å². The van der Waals surface area contributed by atoms with Gasteiger partial charge >= 0.3 is 0 Å². The summed E-state index contributed by atoms with van der Waals surface area (Å²) in [6.07, 6.45) is 8.51. The Labute approximate surface area is 146 Å². The first kappa shape index (κ1) is 15.9. The topological polar surface area (TPSA) is 88.9 Å². The number of hydrogen-bond acceptors (Lipinski definition) is 5. The van der Waals surface area contributed by atoms with Crippen LogP contribution in [0.3, 0.4) is 0 Å². The van der Waals surface area contributed by atoms with Crippen molar-refractivity contribution in [2.75, 3.05) is 24.5 Å². The van der Waals surface area contributed by atoms with Crippen LogP contribution in [0.15, 0.2) is 18.6 Å². The maximum Gasteiger partial charge on any atom is 0.237 e. The van der Waals surface area contributed by atoms with Crippen molar-refractivity contribution in [2.45, 2.75) is 44.1 Å². The van der Waals surface area contributed by atoms with Gasteiger partial charge in [0.25, 0.3) is 0 Å². The Kier molecular flexibility index (Phi) is 4.04. The Balaban J connectivity index is 1.57. The molecular weight excluding hydrogens is 316 g/mol. The van der Waals surface area contributed by atoms with E-state index < -0.39 is 0 Å². The number of nitrogens with zero attached hydrogens (tertiary/aromatic N) is 5. The highest BCUT2D eigenvalue weighted by atomic mass is 16.2. The monoisotopic (exact) mass is 338 g/mol. The lowest BCUT2D eigenvalue weighted by Crippen LogP contribution is -2.47. The van der Waals surface area contributed by atoms with Crippen LogP contribution in [0.2, 0.25) is 0 Å². The molecule has 7 heteroatoms.